The van der Waals surface area contributed by atoms with Crippen molar-refractivity contribution in [2.75, 3.05) is 18.8 Å². The molecule has 2 heterocycles. The minimum atomic E-state index is -0.607. The van der Waals surface area contributed by atoms with E-state index in [0.717, 1.165) is 41.5 Å². The summed E-state index contributed by atoms with van der Waals surface area (Å²) in [6, 6.07) is 7.28. The lowest BCUT2D eigenvalue weighted by Crippen LogP contribution is -2.41. The fourth-order valence-corrected chi connectivity index (χ4v) is 3.74. The first-order chi connectivity index (χ1) is 15.4. The van der Waals surface area contributed by atoms with Gasteiger partial charge >= 0.3 is 0 Å². The van der Waals surface area contributed by atoms with Crippen LogP contribution in [0, 0.1) is 0 Å². The van der Waals surface area contributed by atoms with Gasteiger partial charge in [-0.3, -0.25) is 9.79 Å². The number of anilines is 1. The van der Waals surface area contributed by atoms with Gasteiger partial charge in [-0.05, 0) is 25.3 Å². The van der Waals surface area contributed by atoms with E-state index >= 15 is 0 Å². The van der Waals surface area contributed by atoms with Crippen LogP contribution in [0.3, 0.4) is 0 Å². The summed E-state index contributed by atoms with van der Waals surface area (Å²) in [6.07, 6.45) is 4.05. The van der Waals surface area contributed by atoms with Crippen LogP contribution < -0.4 is 28.3 Å². The second-order valence-corrected chi connectivity index (χ2v) is 7.84. The molecule has 0 fully saturated rings. The predicted octanol–water partition coefficient (Wildman–Crippen LogP) is 1.01. The zero-order valence-corrected chi connectivity index (χ0v) is 18.6. The molecule has 0 aliphatic rings. The largest absolute Gasteiger partial charge is 0.382 e. The van der Waals surface area contributed by atoms with E-state index in [9.17, 15) is 4.79 Å². The Labute approximate surface area is 187 Å². The molecule has 1 atom stereocenters. The first-order valence-electron chi connectivity index (χ1n) is 11.0. The van der Waals surface area contributed by atoms with E-state index in [4.69, 9.17) is 27.9 Å². The van der Waals surface area contributed by atoms with Gasteiger partial charge in [0.15, 0.2) is 11.8 Å². The third kappa shape index (κ3) is 5.44. The van der Waals surface area contributed by atoms with Gasteiger partial charge in [-0.15, -0.1) is 0 Å². The molecule has 1 unspecified atom stereocenters. The van der Waals surface area contributed by atoms with E-state index in [0.29, 0.717) is 43.8 Å². The molecule has 0 bridgehead atoms. The molecular weight excluding hydrogens is 406 g/mol. The molecule has 0 radical (unpaired) electrons. The summed E-state index contributed by atoms with van der Waals surface area (Å²) in [7, 11) is 0. The third-order valence-corrected chi connectivity index (χ3v) is 5.38. The number of benzene rings is 1. The van der Waals surface area contributed by atoms with Gasteiger partial charge in [0.1, 0.15) is 11.3 Å². The minimum Gasteiger partial charge on any atom is -0.382 e. The lowest BCUT2D eigenvalue weighted by molar-refractivity contribution is -0.122. The lowest BCUT2D eigenvalue weighted by Gasteiger charge is -2.14. The molecule has 1 amide bonds. The predicted molar refractivity (Wildman–Crippen MR) is 129 cm³/mol. The summed E-state index contributed by atoms with van der Waals surface area (Å²) >= 11 is 0. The number of nitrogens with two attached hydrogens (primary N) is 4. The Hall–Kier alpha value is -3.40. The van der Waals surface area contributed by atoms with Crippen LogP contribution in [-0.4, -0.2) is 45.5 Å². The number of imidazole rings is 1. The number of pyridine rings is 1. The number of hydrogen-bond acceptors (Lipinski definition) is 6. The molecule has 172 valence electrons. The Morgan fingerprint density at radius 1 is 1.22 bits per heavy atom. The van der Waals surface area contributed by atoms with E-state index in [1.54, 1.807) is 0 Å². The van der Waals surface area contributed by atoms with E-state index < -0.39 is 6.04 Å². The van der Waals surface area contributed by atoms with Crippen molar-refractivity contribution in [3.8, 4) is 0 Å². The molecule has 1 aromatic carbocycles. The fourth-order valence-electron chi connectivity index (χ4n) is 3.74. The number of fused-ring (bicyclic) bond motifs is 3. The summed E-state index contributed by atoms with van der Waals surface area (Å²) in [5.74, 6) is 1.21. The molecule has 3 rings (SSSR count). The molecule has 3 aromatic rings. The van der Waals surface area contributed by atoms with E-state index in [2.05, 4.69) is 26.8 Å². The van der Waals surface area contributed by atoms with Crippen LogP contribution in [0.15, 0.2) is 29.3 Å². The molecule has 10 heteroatoms. The number of nitrogens with zero attached hydrogens (tertiary/aromatic N) is 4. The first-order valence-corrected chi connectivity index (χ1v) is 11.0. The SMILES string of the molecule is CCCCc1nc2c(N)nc3ccccc3c2n1CCNC(=O)C(N)CCCN=C(N)N. The molecule has 0 spiro atoms. The number of aromatic nitrogens is 3. The van der Waals surface area contributed by atoms with Gasteiger partial charge < -0.3 is 32.8 Å². The standard InChI is InChI=1S/C22H33N9O/c1-2-3-10-17-30-18-19(14-7-4-5-9-16(14)29-20(18)24)31(17)13-12-27-21(32)15(23)8-6-11-28-22(25)26/h4-5,7,9,15H,2-3,6,8,10-13,23H2,1H3,(H2,24,29)(H,27,32)(H4,25,26,28). The molecule has 0 saturated carbocycles. The van der Waals surface area contributed by atoms with Crippen molar-refractivity contribution >= 4 is 39.6 Å². The lowest BCUT2D eigenvalue weighted by atomic mass is 10.1. The summed E-state index contributed by atoms with van der Waals surface area (Å²) in [6.45, 7) is 3.60. The number of carbonyl (C=O) groups excluding carboxylic acids is 1. The Bertz CT molecular complexity index is 1100. The number of hydrogen-bond donors (Lipinski definition) is 5. The van der Waals surface area contributed by atoms with Crippen LogP contribution >= 0.6 is 0 Å². The number of rotatable bonds is 11. The Morgan fingerprint density at radius 2 is 2.00 bits per heavy atom. The summed E-state index contributed by atoms with van der Waals surface area (Å²) < 4.78 is 2.15. The fraction of sp³-hybridized carbons (Fsp3) is 0.455. The molecule has 10 nitrogen and oxygen atoms in total. The van der Waals surface area contributed by atoms with Gasteiger partial charge in [-0.25, -0.2) is 9.97 Å². The van der Waals surface area contributed by atoms with Crippen molar-refractivity contribution in [2.45, 2.75) is 51.6 Å². The summed E-state index contributed by atoms with van der Waals surface area (Å²) in [5, 5.41) is 3.93. The number of unbranched alkanes of at least 4 members (excludes halogenated alkanes) is 1. The second-order valence-electron chi connectivity index (χ2n) is 7.84. The highest BCUT2D eigenvalue weighted by molar-refractivity contribution is 6.06. The van der Waals surface area contributed by atoms with Gasteiger partial charge in [-0.1, -0.05) is 31.5 Å². The highest BCUT2D eigenvalue weighted by Crippen LogP contribution is 2.29. The zero-order valence-electron chi connectivity index (χ0n) is 18.6. The number of nitrogen functional groups attached to an aromatic ring is 1. The molecular formula is C22H33N9O. The van der Waals surface area contributed by atoms with Gasteiger partial charge in [0.05, 0.1) is 17.1 Å². The van der Waals surface area contributed by atoms with Gasteiger partial charge in [-0.2, -0.15) is 0 Å². The number of aryl methyl sites for hydroxylation is 1. The number of nitrogens with one attached hydrogen (secondary N) is 1. The normalized spacial score (nSPS) is 12.2. The molecule has 2 aromatic heterocycles. The van der Waals surface area contributed by atoms with Crippen molar-refractivity contribution in [1.29, 1.82) is 0 Å². The van der Waals surface area contributed by atoms with E-state index in [1.165, 1.54) is 0 Å². The molecule has 0 aliphatic carbocycles. The zero-order chi connectivity index (χ0) is 23.1. The van der Waals surface area contributed by atoms with Crippen LogP contribution in [0.4, 0.5) is 5.82 Å². The summed E-state index contributed by atoms with van der Waals surface area (Å²) in [5.41, 5.74) is 25.3. The molecule has 9 N–H and O–H groups in total. The minimum absolute atomic E-state index is 0.0396. The Kier molecular flexibility index (Phi) is 7.82. The first kappa shape index (κ1) is 23.3. The van der Waals surface area contributed by atoms with E-state index in [1.807, 2.05) is 24.3 Å². The molecule has 0 saturated heterocycles. The molecule has 32 heavy (non-hydrogen) atoms. The number of guanidine groups is 1. The van der Waals surface area contributed by atoms with Crippen molar-refractivity contribution in [2.24, 2.45) is 22.2 Å². The van der Waals surface area contributed by atoms with Crippen LogP contribution in [0.5, 0.6) is 0 Å². The Balaban J connectivity index is 1.75. The van der Waals surface area contributed by atoms with Crippen LogP contribution in [0.25, 0.3) is 21.9 Å². The number of carbonyl (C=O) groups is 1. The third-order valence-electron chi connectivity index (χ3n) is 5.38. The highest BCUT2D eigenvalue weighted by Gasteiger charge is 2.18. The molecule has 0 aliphatic heterocycles. The monoisotopic (exact) mass is 439 g/mol. The topological polar surface area (TPSA) is 176 Å². The second kappa shape index (κ2) is 10.8. The van der Waals surface area contributed by atoms with Gasteiger partial charge in [0, 0.05) is 31.4 Å². The average molecular weight is 440 g/mol. The number of aliphatic imine (C=N–C) groups is 1. The van der Waals surface area contributed by atoms with Crippen molar-refractivity contribution in [3.63, 3.8) is 0 Å². The maximum Gasteiger partial charge on any atom is 0.236 e. The maximum absolute atomic E-state index is 12.4. The van der Waals surface area contributed by atoms with Crippen molar-refractivity contribution in [3.05, 3.63) is 30.1 Å². The maximum atomic E-state index is 12.4. The van der Waals surface area contributed by atoms with Crippen molar-refractivity contribution < 1.29 is 4.79 Å². The van der Waals surface area contributed by atoms with Crippen LogP contribution in [0.2, 0.25) is 0 Å². The van der Waals surface area contributed by atoms with Gasteiger partial charge in [0.25, 0.3) is 0 Å². The number of amides is 1. The quantitative estimate of drug-likeness (QED) is 0.168. The smallest absolute Gasteiger partial charge is 0.236 e. The van der Waals surface area contributed by atoms with Gasteiger partial charge in [0.2, 0.25) is 5.91 Å². The van der Waals surface area contributed by atoms with Crippen LogP contribution in [-0.2, 0) is 17.8 Å². The number of para-hydroxylation sites is 1. The van der Waals surface area contributed by atoms with Crippen LogP contribution in [0.1, 0.15) is 38.4 Å². The Morgan fingerprint density at radius 3 is 2.75 bits per heavy atom. The van der Waals surface area contributed by atoms with Crippen molar-refractivity contribution in [1.82, 2.24) is 19.9 Å². The van der Waals surface area contributed by atoms with E-state index in [-0.39, 0.29) is 11.9 Å². The highest BCUT2D eigenvalue weighted by atomic mass is 16.2. The summed E-state index contributed by atoms with van der Waals surface area (Å²) in [4.78, 5) is 25.6. The average Bonchev–Trinajstić information content (AvgIpc) is 3.14.